The minimum Gasteiger partial charge on any atom is -0.490 e. The van der Waals surface area contributed by atoms with Crippen molar-refractivity contribution in [2.24, 2.45) is 0 Å². The first kappa shape index (κ1) is 10.9. The highest BCUT2D eigenvalue weighted by molar-refractivity contribution is 5.70. The van der Waals surface area contributed by atoms with Gasteiger partial charge in [0.05, 0.1) is 6.10 Å². The van der Waals surface area contributed by atoms with Crippen molar-refractivity contribution in [2.45, 2.75) is 25.4 Å². The van der Waals surface area contributed by atoms with E-state index in [0.717, 1.165) is 18.7 Å². The molecule has 19 heavy (non-hydrogen) atoms. The Morgan fingerprint density at radius 1 is 0.947 bits per heavy atom. The van der Waals surface area contributed by atoms with Crippen LogP contribution in [0.4, 0.5) is 5.69 Å². The Labute approximate surface area is 113 Å². The first-order chi connectivity index (χ1) is 9.38. The van der Waals surface area contributed by atoms with Gasteiger partial charge >= 0.3 is 0 Å². The quantitative estimate of drug-likeness (QED) is 0.894. The van der Waals surface area contributed by atoms with Crippen molar-refractivity contribution in [3.05, 3.63) is 48.0 Å². The topological polar surface area (TPSA) is 21.3 Å². The molecule has 0 bridgehead atoms. The van der Waals surface area contributed by atoms with Crippen molar-refractivity contribution in [2.75, 3.05) is 11.9 Å². The summed E-state index contributed by atoms with van der Waals surface area (Å²) in [5, 5.41) is 3.40. The Balaban J connectivity index is 1.60. The Morgan fingerprint density at radius 2 is 1.74 bits per heavy atom. The summed E-state index contributed by atoms with van der Waals surface area (Å²) >= 11 is 0. The lowest BCUT2D eigenvalue weighted by molar-refractivity contribution is 0.303. The molecule has 1 aliphatic carbocycles. The van der Waals surface area contributed by atoms with Crippen LogP contribution in [0, 0.1) is 0 Å². The van der Waals surface area contributed by atoms with E-state index in [4.69, 9.17) is 4.74 Å². The highest BCUT2D eigenvalue weighted by atomic mass is 16.5. The summed E-state index contributed by atoms with van der Waals surface area (Å²) in [6, 6.07) is 15.1. The first-order valence-corrected chi connectivity index (χ1v) is 7.02. The van der Waals surface area contributed by atoms with E-state index in [9.17, 15) is 0 Å². The molecular weight excluding hydrogens is 234 g/mol. The average Bonchev–Trinajstić information content (AvgIpc) is 3.14. The third kappa shape index (κ3) is 2.19. The molecule has 0 unspecified atom stereocenters. The lowest BCUT2D eigenvalue weighted by Gasteiger charge is -2.07. The Bertz CT molecular complexity index is 599. The van der Waals surface area contributed by atoms with Gasteiger partial charge in [0.25, 0.3) is 0 Å². The van der Waals surface area contributed by atoms with Crippen LogP contribution in [0.3, 0.4) is 0 Å². The SMILES string of the molecule is c1cc(-c2ccc3c(c2)CCN3)ccc1OC1CC1. The van der Waals surface area contributed by atoms with E-state index in [1.807, 2.05) is 0 Å². The molecule has 0 spiro atoms. The standard InChI is InChI=1S/C17H17NO/c1-4-15(19-16-6-7-16)5-2-12(1)13-3-8-17-14(11-13)9-10-18-17/h1-5,8,11,16,18H,6-7,9-10H2. The molecule has 2 aliphatic rings. The molecule has 0 aromatic heterocycles. The predicted octanol–water partition coefficient (Wildman–Crippen LogP) is 3.86. The number of anilines is 1. The van der Waals surface area contributed by atoms with Crippen LogP contribution in [-0.2, 0) is 6.42 Å². The van der Waals surface area contributed by atoms with Gasteiger partial charge in [-0.05, 0) is 60.2 Å². The van der Waals surface area contributed by atoms with Gasteiger partial charge in [0.15, 0.2) is 0 Å². The van der Waals surface area contributed by atoms with Crippen molar-refractivity contribution < 1.29 is 4.74 Å². The van der Waals surface area contributed by atoms with Gasteiger partial charge in [0.2, 0.25) is 0 Å². The molecule has 2 heteroatoms. The van der Waals surface area contributed by atoms with E-state index >= 15 is 0 Å². The number of benzene rings is 2. The lowest BCUT2D eigenvalue weighted by Crippen LogP contribution is -1.95. The normalized spacial score (nSPS) is 16.8. The van der Waals surface area contributed by atoms with Crippen molar-refractivity contribution in [1.82, 2.24) is 0 Å². The fraction of sp³-hybridized carbons (Fsp3) is 0.294. The zero-order valence-electron chi connectivity index (χ0n) is 10.9. The Morgan fingerprint density at radius 3 is 2.53 bits per heavy atom. The molecule has 4 rings (SSSR count). The van der Waals surface area contributed by atoms with Gasteiger partial charge in [-0.15, -0.1) is 0 Å². The lowest BCUT2D eigenvalue weighted by atomic mass is 10.0. The van der Waals surface area contributed by atoms with Crippen molar-refractivity contribution in [3.63, 3.8) is 0 Å². The van der Waals surface area contributed by atoms with Gasteiger partial charge in [-0.3, -0.25) is 0 Å². The molecule has 1 saturated carbocycles. The third-order valence-corrected chi connectivity index (χ3v) is 3.83. The number of hydrogen-bond acceptors (Lipinski definition) is 2. The largest absolute Gasteiger partial charge is 0.490 e. The van der Waals surface area contributed by atoms with Crippen molar-refractivity contribution in [1.29, 1.82) is 0 Å². The summed E-state index contributed by atoms with van der Waals surface area (Å²) in [7, 11) is 0. The van der Waals surface area contributed by atoms with Gasteiger partial charge < -0.3 is 10.1 Å². The van der Waals surface area contributed by atoms with E-state index in [-0.39, 0.29) is 0 Å². The molecular formula is C17H17NO. The molecule has 1 heterocycles. The van der Waals surface area contributed by atoms with E-state index in [1.165, 1.54) is 35.2 Å². The number of nitrogens with one attached hydrogen (secondary N) is 1. The van der Waals surface area contributed by atoms with E-state index in [0.29, 0.717) is 6.10 Å². The zero-order chi connectivity index (χ0) is 12.7. The van der Waals surface area contributed by atoms with Crippen molar-refractivity contribution in [3.8, 4) is 16.9 Å². The van der Waals surface area contributed by atoms with Crippen LogP contribution >= 0.6 is 0 Å². The smallest absolute Gasteiger partial charge is 0.119 e. The molecule has 0 amide bonds. The second-order valence-corrected chi connectivity index (χ2v) is 5.39. The predicted molar refractivity (Wildman–Crippen MR) is 77.7 cm³/mol. The molecule has 0 atom stereocenters. The van der Waals surface area contributed by atoms with Gasteiger partial charge in [-0.1, -0.05) is 18.2 Å². The zero-order valence-corrected chi connectivity index (χ0v) is 10.9. The third-order valence-electron chi connectivity index (χ3n) is 3.83. The van der Waals surface area contributed by atoms with Gasteiger partial charge in [-0.2, -0.15) is 0 Å². The van der Waals surface area contributed by atoms with Crippen LogP contribution in [0.2, 0.25) is 0 Å². The molecule has 1 fully saturated rings. The second-order valence-electron chi connectivity index (χ2n) is 5.39. The molecule has 1 N–H and O–H groups in total. The maximum atomic E-state index is 5.78. The number of ether oxygens (including phenoxy) is 1. The number of rotatable bonds is 3. The molecule has 96 valence electrons. The number of fused-ring (bicyclic) bond motifs is 1. The van der Waals surface area contributed by atoms with E-state index in [1.54, 1.807) is 0 Å². The summed E-state index contributed by atoms with van der Waals surface area (Å²) < 4.78 is 5.78. The van der Waals surface area contributed by atoms with Gasteiger partial charge in [0.1, 0.15) is 5.75 Å². The fourth-order valence-corrected chi connectivity index (χ4v) is 2.59. The maximum absolute atomic E-state index is 5.78. The van der Waals surface area contributed by atoms with Crippen LogP contribution in [-0.4, -0.2) is 12.6 Å². The monoisotopic (exact) mass is 251 g/mol. The van der Waals surface area contributed by atoms with Crippen LogP contribution in [0.25, 0.3) is 11.1 Å². The van der Waals surface area contributed by atoms with Crippen LogP contribution in [0.1, 0.15) is 18.4 Å². The van der Waals surface area contributed by atoms with Crippen LogP contribution in [0.5, 0.6) is 5.75 Å². The maximum Gasteiger partial charge on any atom is 0.119 e. The van der Waals surface area contributed by atoms with Crippen LogP contribution < -0.4 is 10.1 Å². The van der Waals surface area contributed by atoms with Crippen LogP contribution in [0.15, 0.2) is 42.5 Å². The van der Waals surface area contributed by atoms with E-state index in [2.05, 4.69) is 47.8 Å². The minimum atomic E-state index is 0.469. The van der Waals surface area contributed by atoms with Gasteiger partial charge in [-0.25, -0.2) is 0 Å². The Hall–Kier alpha value is -1.96. The summed E-state index contributed by atoms with van der Waals surface area (Å²) in [6.07, 6.45) is 4.02. The van der Waals surface area contributed by atoms with Gasteiger partial charge in [0, 0.05) is 12.2 Å². The highest BCUT2D eigenvalue weighted by Gasteiger charge is 2.23. The molecule has 2 aromatic rings. The fourth-order valence-electron chi connectivity index (χ4n) is 2.59. The van der Waals surface area contributed by atoms with E-state index < -0.39 is 0 Å². The first-order valence-electron chi connectivity index (χ1n) is 7.02. The average molecular weight is 251 g/mol. The molecule has 1 aliphatic heterocycles. The summed E-state index contributed by atoms with van der Waals surface area (Å²) in [5.41, 5.74) is 5.27. The summed E-state index contributed by atoms with van der Waals surface area (Å²) in [5.74, 6) is 0.995. The second kappa shape index (κ2) is 4.30. The molecule has 0 saturated heterocycles. The molecule has 2 nitrogen and oxygen atoms in total. The highest BCUT2D eigenvalue weighted by Crippen LogP contribution is 2.31. The molecule has 0 radical (unpaired) electrons. The van der Waals surface area contributed by atoms with Crippen molar-refractivity contribution >= 4 is 5.69 Å². The summed E-state index contributed by atoms with van der Waals surface area (Å²) in [4.78, 5) is 0. The molecule has 2 aromatic carbocycles. The number of hydrogen-bond donors (Lipinski definition) is 1. The Kier molecular flexibility index (Phi) is 2.47. The summed E-state index contributed by atoms with van der Waals surface area (Å²) in [6.45, 7) is 1.06. The minimum absolute atomic E-state index is 0.469.